The molecule has 0 saturated carbocycles. The van der Waals surface area contributed by atoms with E-state index >= 15 is 0 Å². The molecule has 2 aromatic rings. The van der Waals surface area contributed by atoms with Crippen LogP contribution in [-0.4, -0.2) is 10.9 Å². The minimum atomic E-state index is -1.40. The second-order valence-electron chi connectivity index (χ2n) is 6.85. The molecule has 2 aromatic carbocycles. The number of fused-ring (bicyclic) bond motifs is 3. The summed E-state index contributed by atoms with van der Waals surface area (Å²) in [5.74, 6) is -0.658. The summed E-state index contributed by atoms with van der Waals surface area (Å²) >= 11 is 0. The Kier molecular flexibility index (Phi) is 3.10. The lowest BCUT2D eigenvalue weighted by atomic mass is 9.64. The number of Topliss-reactive ketones (excluding diaryl/α,β-unsaturated/α-hetero) is 1. The van der Waals surface area contributed by atoms with Crippen molar-refractivity contribution in [3.63, 3.8) is 0 Å². The van der Waals surface area contributed by atoms with Gasteiger partial charge in [-0.3, -0.25) is 4.79 Å². The van der Waals surface area contributed by atoms with Crippen LogP contribution in [0.1, 0.15) is 53.7 Å². The average molecular weight is 322 g/mol. The number of carbonyl (C=O) groups excluding carboxylic acids is 1. The molecule has 1 N–H and O–H groups in total. The molecule has 0 unspecified atom stereocenters. The molecule has 0 saturated heterocycles. The number of hydrogen-bond acceptors (Lipinski definition) is 2. The Morgan fingerprint density at radius 1 is 1.12 bits per heavy atom. The summed E-state index contributed by atoms with van der Waals surface area (Å²) < 4.78 is 13.8. The van der Waals surface area contributed by atoms with Gasteiger partial charge in [-0.25, -0.2) is 4.39 Å². The number of benzene rings is 2. The summed E-state index contributed by atoms with van der Waals surface area (Å²) in [6.07, 6.45) is 3.61. The van der Waals surface area contributed by atoms with E-state index in [9.17, 15) is 14.3 Å². The van der Waals surface area contributed by atoms with Gasteiger partial charge in [-0.05, 0) is 47.7 Å². The molecule has 3 heteroatoms. The SMILES string of the molecule is CCCC1=Cc2ccccc2[C@]12C(=O)c1cc(F)ccc1[C@]2(C)O. The number of carbonyl (C=O) groups is 1. The van der Waals surface area contributed by atoms with Crippen LogP contribution in [0.5, 0.6) is 0 Å². The van der Waals surface area contributed by atoms with E-state index in [1.165, 1.54) is 12.1 Å². The van der Waals surface area contributed by atoms with Crippen LogP contribution in [0, 0.1) is 5.82 Å². The fourth-order valence-corrected chi connectivity index (χ4v) is 4.56. The summed E-state index contributed by atoms with van der Waals surface area (Å²) in [5, 5.41) is 11.5. The van der Waals surface area contributed by atoms with Crippen LogP contribution in [0.3, 0.4) is 0 Å². The van der Waals surface area contributed by atoms with Gasteiger partial charge in [0.25, 0.3) is 0 Å². The number of ketones is 1. The van der Waals surface area contributed by atoms with Crippen molar-refractivity contribution in [3.8, 4) is 0 Å². The molecule has 0 bridgehead atoms. The van der Waals surface area contributed by atoms with Crippen molar-refractivity contribution >= 4 is 11.9 Å². The van der Waals surface area contributed by atoms with Gasteiger partial charge < -0.3 is 5.11 Å². The van der Waals surface area contributed by atoms with E-state index in [0.717, 1.165) is 23.1 Å². The summed E-state index contributed by atoms with van der Waals surface area (Å²) in [7, 11) is 0. The molecular weight excluding hydrogens is 303 g/mol. The monoisotopic (exact) mass is 322 g/mol. The number of hydrogen-bond donors (Lipinski definition) is 1. The van der Waals surface area contributed by atoms with E-state index in [0.29, 0.717) is 17.5 Å². The van der Waals surface area contributed by atoms with Gasteiger partial charge in [0.2, 0.25) is 0 Å². The first-order chi connectivity index (χ1) is 11.4. The first-order valence-electron chi connectivity index (χ1n) is 8.32. The maximum Gasteiger partial charge on any atom is 0.181 e. The summed E-state index contributed by atoms with van der Waals surface area (Å²) in [4.78, 5) is 13.5. The summed E-state index contributed by atoms with van der Waals surface area (Å²) in [6, 6.07) is 11.8. The molecule has 2 aliphatic carbocycles. The maximum absolute atomic E-state index is 13.8. The topological polar surface area (TPSA) is 37.3 Å². The number of halogens is 1. The first-order valence-corrected chi connectivity index (χ1v) is 8.32. The highest BCUT2D eigenvalue weighted by Crippen LogP contribution is 2.60. The Hall–Kier alpha value is -2.26. The van der Waals surface area contributed by atoms with Crippen molar-refractivity contribution in [2.24, 2.45) is 0 Å². The van der Waals surface area contributed by atoms with Crippen LogP contribution >= 0.6 is 0 Å². The number of aliphatic hydroxyl groups is 1. The fourth-order valence-electron chi connectivity index (χ4n) is 4.56. The second kappa shape index (κ2) is 4.87. The van der Waals surface area contributed by atoms with Crippen LogP contribution < -0.4 is 0 Å². The summed E-state index contributed by atoms with van der Waals surface area (Å²) in [5.41, 5.74) is 0.947. The van der Waals surface area contributed by atoms with Crippen molar-refractivity contribution in [2.75, 3.05) is 0 Å². The highest BCUT2D eigenvalue weighted by molar-refractivity contribution is 6.14. The van der Waals surface area contributed by atoms with Crippen LogP contribution in [0.2, 0.25) is 0 Å². The zero-order valence-electron chi connectivity index (χ0n) is 13.8. The Morgan fingerprint density at radius 3 is 2.62 bits per heavy atom. The van der Waals surface area contributed by atoms with E-state index < -0.39 is 16.8 Å². The van der Waals surface area contributed by atoms with E-state index in [1.807, 2.05) is 30.3 Å². The molecule has 0 radical (unpaired) electrons. The van der Waals surface area contributed by atoms with Crippen LogP contribution in [-0.2, 0) is 11.0 Å². The molecule has 0 fully saturated rings. The zero-order chi connectivity index (χ0) is 17.1. The molecule has 0 amide bonds. The minimum Gasteiger partial charge on any atom is -0.384 e. The third-order valence-electron chi connectivity index (χ3n) is 5.52. The molecule has 2 aliphatic rings. The molecule has 0 aromatic heterocycles. The zero-order valence-corrected chi connectivity index (χ0v) is 13.8. The molecular formula is C21H19FO2. The Balaban J connectivity index is 2.07. The van der Waals surface area contributed by atoms with E-state index in [-0.39, 0.29) is 5.78 Å². The quantitative estimate of drug-likeness (QED) is 0.892. The van der Waals surface area contributed by atoms with Crippen LogP contribution in [0.4, 0.5) is 4.39 Å². The van der Waals surface area contributed by atoms with Gasteiger partial charge in [0.05, 0.1) is 0 Å². The Morgan fingerprint density at radius 2 is 1.88 bits per heavy atom. The largest absolute Gasteiger partial charge is 0.384 e. The van der Waals surface area contributed by atoms with Gasteiger partial charge in [0, 0.05) is 5.56 Å². The van der Waals surface area contributed by atoms with Gasteiger partial charge in [0.1, 0.15) is 16.8 Å². The Bertz CT molecular complexity index is 894. The number of rotatable bonds is 2. The third-order valence-corrected chi connectivity index (χ3v) is 5.52. The lowest BCUT2D eigenvalue weighted by Crippen LogP contribution is -2.48. The lowest BCUT2D eigenvalue weighted by Gasteiger charge is -2.39. The van der Waals surface area contributed by atoms with Crippen molar-refractivity contribution in [3.05, 3.63) is 76.1 Å². The molecule has 0 aliphatic heterocycles. The molecule has 1 spiro atoms. The fraction of sp³-hybridized carbons (Fsp3) is 0.286. The average Bonchev–Trinajstić information content (AvgIpc) is 2.96. The minimum absolute atomic E-state index is 0.202. The van der Waals surface area contributed by atoms with Crippen molar-refractivity contribution in [1.29, 1.82) is 0 Å². The van der Waals surface area contributed by atoms with E-state index in [1.54, 1.807) is 13.0 Å². The van der Waals surface area contributed by atoms with Crippen LogP contribution in [0.15, 0.2) is 48.0 Å². The highest BCUT2D eigenvalue weighted by atomic mass is 19.1. The highest BCUT2D eigenvalue weighted by Gasteiger charge is 2.64. The van der Waals surface area contributed by atoms with E-state index in [4.69, 9.17) is 0 Å². The van der Waals surface area contributed by atoms with Crippen molar-refractivity contribution < 1.29 is 14.3 Å². The van der Waals surface area contributed by atoms with Gasteiger partial charge in [-0.15, -0.1) is 0 Å². The smallest absolute Gasteiger partial charge is 0.181 e. The molecule has 0 heterocycles. The van der Waals surface area contributed by atoms with Crippen molar-refractivity contribution in [1.82, 2.24) is 0 Å². The first kappa shape index (κ1) is 15.3. The van der Waals surface area contributed by atoms with Gasteiger partial charge >= 0.3 is 0 Å². The Labute approximate surface area is 140 Å². The molecule has 2 atom stereocenters. The normalized spacial score (nSPS) is 27.3. The maximum atomic E-state index is 13.8. The summed E-state index contributed by atoms with van der Waals surface area (Å²) in [6.45, 7) is 3.73. The molecule has 4 rings (SSSR count). The predicted octanol–water partition coefficient (Wildman–Crippen LogP) is 4.36. The second-order valence-corrected chi connectivity index (χ2v) is 6.85. The lowest BCUT2D eigenvalue weighted by molar-refractivity contribution is 0.00524. The third kappa shape index (κ3) is 1.60. The van der Waals surface area contributed by atoms with Gasteiger partial charge in [-0.1, -0.05) is 49.8 Å². The molecule has 122 valence electrons. The molecule has 24 heavy (non-hydrogen) atoms. The standard InChI is InChI=1S/C21H19FO2/c1-3-6-14-11-13-7-4-5-8-17(13)21(14)19(23)16-12-15(22)9-10-18(16)20(21,2)24/h4-5,7-12,24H,3,6H2,1-2H3/t20-,21-/m0/s1. The molecule has 2 nitrogen and oxygen atoms in total. The predicted molar refractivity (Wildman–Crippen MR) is 91.3 cm³/mol. The van der Waals surface area contributed by atoms with E-state index in [2.05, 4.69) is 6.92 Å². The van der Waals surface area contributed by atoms with Crippen molar-refractivity contribution in [2.45, 2.75) is 37.7 Å². The van der Waals surface area contributed by atoms with Gasteiger partial charge in [0.15, 0.2) is 5.78 Å². The van der Waals surface area contributed by atoms with Crippen LogP contribution in [0.25, 0.3) is 6.08 Å². The van der Waals surface area contributed by atoms with Gasteiger partial charge in [-0.2, -0.15) is 0 Å².